The number of aryl methyl sites for hydroxylation is 3. The van der Waals surface area contributed by atoms with Gasteiger partial charge in [0, 0.05) is 166 Å². The van der Waals surface area contributed by atoms with E-state index in [1.165, 1.54) is 40.1 Å². The summed E-state index contributed by atoms with van der Waals surface area (Å²) in [6.45, 7) is 17.1. The number of carbonyl (C=O) groups is 3. The Morgan fingerprint density at radius 3 is 1.03 bits per heavy atom. The number of amides is 3. The summed E-state index contributed by atoms with van der Waals surface area (Å²) in [4.78, 5) is 64.9. The van der Waals surface area contributed by atoms with Crippen molar-refractivity contribution in [1.82, 2.24) is 73.7 Å². The van der Waals surface area contributed by atoms with Crippen molar-refractivity contribution in [2.45, 2.75) is 208 Å². The Balaban J connectivity index is 0.000000185. The first-order valence-electron chi connectivity index (χ1n) is 37.4. The van der Waals surface area contributed by atoms with E-state index in [4.69, 9.17) is 19.9 Å². The average Bonchev–Trinajstić information content (AvgIpc) is 1.78. The molecule has 3 aromatic carbocycles. The third-order valence-corrected chi connectivity index (χ3v) is 27.4. The number of ether oxygens (including phenoxy) is 3. The summed E-state index contributed by atoms with van der Waals surface area (Å²) in [6.07, 6.45) is 24.8. The monoisotopic (exact) mass is 1720 g/mol. The van der Waals surface area contributed by atoms with Crippen LogP contribution in [-0.2, 0) is 65.4 Å². The van der Waals surface area contributed by atoms with Gasteiger partial charge in [-0.25, -0.2) is 83.7 Å². The summed E-state index contributed by atoms with van der Waals surface area (Å²) in [5.41, 5.74) is 9.33. The largest absolute Gasteiger partial charge is 0.447 e. The molecule has 0 bridgehead atoms. The van der Waals surface area contributed by atoms with E-state index in [0.29, 0.717) is 58.1 Å². The number of carbonyl (C=O) groups excluding carboxylic acids is 3. The molecule has 0 saturated heterocycles. The molecule has 12 rings (SSSR count). The highest BCUT2D eigenvalue weighted by Gasteiger charge is 2.32. The topological polar surface area (TPSA) is 396 Å². The Morgan fingerprint density at radius 1 is 0.455 bits per heavy atom. The number of benzene rings is 3. The number of hydrogen-bond donors (Lipinski definition) is 9. The molecular weight excluding hydrogens is 1620 g/mol. The van der Waals surface area contributed by atoms with E-state index in [9.17, 15) is 39.6 Å². The van der Waals surface area contributed by atoms with Crippen LogP contribution in [0.5, 0.6) is 0 Å². The lowest BCUT2D eigenvalue weighted by Crippen LogP contribution is -2.38. The third kappa shape index (κ3) is 24.8. The molecule has 3 amide bonds. The number of sulfonamides is 3. The molecule has 30 nitrogen and oxygen atoms in total. The second-order valence-corrected chi connectivity index (χ2v) is 37.2. The molecule has 3 saturated carbocycles. The number of nitrogens with two attached hydrogens (primary N) is 1. The summed E-state index contributed by atoms with van der Waals surface area (Å²) in [5.74, 6) is 2.07. The number of imidazole rings is 3. The van der Waals surface area contributed by atoms with Gasteiger partial charge < -0.3 is 60.2 Å². The normalized spacial score (nSPS) is 17.9. The van der Waals surface area contributed by atoms with Crippen molar-refractivity contribution in [1.29, 1.82) is 0 Å². The second kappa shape index (κ2) is 40.6. The molecule has 608 valence electrons. The molecule has 6 aromatic heterocycles. The molecule has 3 fully saturated rings. The Kier molecular flexibility index (Phi) is 31.7. The van der Waals surface area contributed by atoms with Crippen LogP contribution in [-0.4, -0.2) is 143 Å². The van der Waals surface area contributed by atoms with Crippen molar-refractivity contribution in [3.63, 3.8) is 0 Å². The van der Waals surface area contributed by atoms with Crippen LogP contribution in [0, 0.1) is 0 Å². The average molecular weight is 1720 g/mol. The lowest BCUT2D eigenvalue weighted by Gasteiger charge is -2.28. The fraction of sp³-hybridized carbons (Fsp3) is 0.480. The van der Waals surface area contributed by atoms with E-state index in [2.05, 4.69) is 86.6 Å². The van der Waals surface area contributed by atoms with Crippen LogP contribution in [0.1, 0.15) is 172 Å². The molecule has 0 radical (unpaired) electrons. The molecule has 0 atom stereocenters. The van der Waals surface area contributed by atoms with Crippen molar-refractivity contribution >= 4 is 127 Å². The molecule has 37 heteroatoms. The molecule has 112 heavy (non-hydrogen) atoms. The molecule has 0 aliphatic heterocycles. The number of rotatable bonds is 25. The summed E-state index contributed by atoms with van der Waals surface area (Å²) in [5, 5.41) is 18.1. The Bertz CT molecular complexity index is 4720. The molecule has 10 N–H and O–H groups in total. The smallest absolute Gasteiger partial charge is 0.407 e. The van der Waals surface area contributed by atoms with E-state index < -0.39 is 30.1 Å². The summed E-state index contributed by atoms with van der Waals surface area (Å²) in [6, 6.07) is 15.8. The van der Waals surface area contributed by atoms with Gasteiger partial charge in [0.05, 0.1) is 62.7 Å². The van der Waals surface area contributed by atoms with Crippen LogP contribution in [0.4, 0.5) is 43.3 Å². The molecule has 9 aromatic rings. The highest BCUT2D eigenvalue weighted by Crippen LogP contribution is 2.44. The lowest BCUT2D eigenvalue weighted by molar-refractivity contribution is 0.108. The first kappa shape index (κ1) is 87.6. The second-order valence-electron chi connectivity index (χ2n) is 28.1. The fourth-order valence-corrected chi connectivity index (χ4v) is 20.6. The Hall–Kier alpha value is -8.40. The highest BCUT2D eigenvalue weighted by atomic mass is 79.9. The van der Waals surface area contributed by atoms with Crippen LogP contribution in [0.2, 0.25) is 0 Å². The summed E-state index contributed by atoms with van der Waals surface area (Å²) in [7, 11) is -5.48. The molecule has 3 aliphatic carbocycles. The van der Waals surface area contributed by atoms with Crippen LogP contribution in [0.3, 0.4) is 0 Å². The number of alkyl carbamates (subject to hydrolysis) is 3. The van der Waals surface area contributed by atoms with Gasteiger partial charge >= 0.3 is 18.3 Å². The van der Waals surface area contributed by atoms with E-state index in [-0.39, 0.29) is 94.3 Å². The maximum absolute atomic E-state index is 13.1. The third-order valence-electron chi connectivity index (χ3n) is 18.3. The van der Waals surface area contributed by atoms with Gasteiger partial charge in [-0.1, -0.05) is 39.0 Å². The Morgan fingerprint density at radius 2 is 0.759 bits per heavy atom. The zero-order valence-electron chi connectivity index (χ0n) is 65.0. The molecule has 0 unspecified atom stereocenters. The molecule has 0 spiro atoms. The van der Waals surface area contributed by atoms with Gasteiger partial charge in [0.1, 0.15) is 0 Å². The van der Waals surface area contributed by atoms with E-state index in [1.54, 1.807) is 82.2 Å². The van der Waals surface area contributed by atoms with Gasteiger partial charge in [-0.3, -0.25) is 0 Å². The summed E-state index contributed by atoms with van der Waals surface area (Å²) < 4.78 is 108. The number of thiazole rings is 3. The number of halogens is 1. The number of anilines is 5. The maximum Gasteiger partial charge on any atom is 0.407 e. The number of aromatic nitrogens is 9. The van der Waals surface area contributed by atoms with Crippen molar-refractivity contribution in [3.8, 4) is 31.3 Å². The minimum Gasteiger partial charge on any atom is -0.447 e. The number of nitrogens with zero attached hydrogens (tertiary/aromatic N) is 9. The van der Waals surface area contributed by atoms with Crippen LogP contribution in [0.25, 0.3) is 31.3 Å². The zero-order valence-corrected chi connectivity index (χ0v) is 71.5. The zero-order chi connectivity index (χ0) is 81.0. The minimum absolute atomic E-state index is 0.0950. The minimum atomic E-state index is -3.73. The van der Waals surface area contributed by atoms with Crippen molar-refractivity contribution in [2.24, 2.45) is 21.1 Å². The van der Waals surface area contributed by atoms with Gasteiger partial charge in [0.2, 0.25) is 42.0 Å². The van der Waals surface area contributed by atoms with Crippen LogP contribution in [0.15, 0.2) is 130 Å². The molecular formula is C75H103BrN18O12S6. The predicted octanol–water partition coefficient (Wildman–Crippen LogP) is 14.5. The number of hydrogen-bond acceptors (Lipinski definition) is 24. The summed E-state index contributed by atoms with van der Waals surface area (Å²) >= 11 is 7.78. The molecule has 3 aliphatic rings. The standard InChI is InChI=1S/2C25H34N6O4S2.C21H30N4O4S2.C4H5BrN2/c2*1-5-28-37(33,34)22-14-19(29-24-26-12-13-31(24)4)10-11-20(22)21-15-27-23(36-21)17-6-8-18(9-7-17)30-25(32)35-16(2)3;1-4-24-31(27,28)19-11-15(22)7-10-17(19)18-12-23-20(30-18)14-5-8-16(9-6-14)25-21(26)29-13(2)3;1-7-3-2-6-4(7)5/h2*10-18,28H,5-9H2,1-4H3,(H,26,29)(H,30,32);7,10-14,16,24H,4-6,8-9,22H2,1-3H3,(H,25,26);2-3H,1H3. The van der Waals surface area contributed by atoms with Gasteiger partial charge in [-0.2, -0.15) is 0 Å². The number of nitrogens with one attached hydrogen (secondary N) is 8. The van der Waals surface area contributed by atoms with Crippen molar-refractivity contribution in [2.75, 3.05) is 36.0 Å². The van der Waals surface area contributed by atoms with E-state index >= 15 is 0 Å². The lowest BCUT2D eigenvalue weighted by atomic mass is 9.86. The van der Waals surface area contributed by atoms with Crippen molar-refractivity contribution in [3.05, 3.63) is 130 Å². The van der Waals surface area contributed by atoms with E-state index in [1.807, 2.05) is 119 Å². The quantitative estimate of drug-likeness (QED) is 0.0189. The first-order valence-corrected chi connectivity index (χ1v) is 45.1. The fourth-order valence-electron chi connectivity index (χ4n) is 12.9. The van der Waals surface area contributed by atoms with Crippen LogP contribution >= 0.6 is 49.9 Å². The Labute approximate surface area is 676 Å². The highest BCUT2D eigenvalue weighted by molar-refractivity contribution is 9.10. The van der Waals surface area contributed by atoms with Gasteiger partial charge in [-0.05, 0) is 171 Å². The maximum atomic E-state index is 13.1. The first-order chi connectivity index (χ1) is 53.3. The predicted molar refractivity (Wildman–Crippen MR) is 443 cm³/mol. The van der Waals surface area contributed by atoms with E-state index in [0.717, 1.165) is 111 Å². The SMILES string of the molecule is CCNS(=O)(=O)c1cc(N)ccc1-c1cnc(C2CCC(NC(=O)OC(C)C)CC2)s1.CCNS(=O)(=O)c1cc(Nc2nccn2C)ccc1-c1cnc(C2CCC(NC(=O)OC(C)C)CC2)s1.CCNS(=O)(=O)c1cc(Nc2nccn2C)ccc1-c1cnc(C2CCC(NC(=O)OC(C)C)CC2)s1.Cn1ccnc1Br. The van der Waals surface area contributed by atoms with Crippen molar-refractivity contribution < 1.29 is 53.8 Å². The van der Waals surface area contributed by atoms with Gasteiger partial charge in [-0.15, -0.1) is 34.0 Å². The van der Waals surface area contributed by atoms with Gasteiger partial charge in [0.25, 0.3) is 0 Å². The van der Waals surface area contributed by atoms with Crippen LogP contribution < -0.4 is 46.5 Å². The number of nitrogen functional groups attached to an aromatic ring is 1. The van der Waals surface area contributed by atoms with Gasteiger partial charge in [0.15, 0.2) is 4.73 Å². The molecule has 6 heterocycles.